The smallest absolute Gasteiger partial charge is 0.248 e. The number of ether oxygens (including phenoxy) is 1. The Morgan fingerprint density at radius 1 is 1.21 bits per heavy atom. The van der Waals surface area contributed by atoms with Crippen molar-refractivity contribution in [1.29, 1.82) is 0 Å². The van der Waals surface area contributed by atoms with Gasteiger partial charge in [0.15, 0.2) is 0 Å². The Labute approximate surface area is 118 Å². The molecule has 4 nitrogen and oxygen atoms in total. The molecule has 1 saturated heterocycles. The van der Waals surface area contributed by atoms with Crippen LogP contribution in [0.25, 0.3) is 0 Å². The third kappa shape index (κ3) is 6.92. The molecule has 0 aromatic carbocycles. The molecule has 0 unspecified atom stereocenters. The van der Waals surface area contributed by atoms with Crippen LogP contribution in [0, 0.1) is 0 Å². The quantitative estimate of drug-likeness (QED) is 0.710. The largest absolute Gasteiger partial charge is 0.369 e. The molecule has 0 radical (unpaired) electrons. The van der Waals surface area contributed by atoms with Crippen molar-refractivity contribution in [2.24, 2.45) is 0 Å². The maximum absolute atomic E-state index is 12.0. The number of hydrogen-bond acceptors (Lipinski definition) is 3. The van der Waals surface area contributed by atoms with Crippen LogP contribution in [0.1, 0.15) is 46.5 Å². The Bertz CT molecular complexity index is 249. The monoisotopic (exact) mass is 270 g/mol. The number of likely N-dealkylation sites (N-methyl/N-ethyl adjacent to an activating group) is 1. The van der Waals surface area contributed by atoms with E-state index in [4.69, 9.17) is 4.74 Å². The Balaban J connectivity index is 2.28. The van der Waals surface area contributed by atoms with Crippen LogP contribution in [-0.4, -0.2) is 61.1 Å². The summed E-state index contributed by atoms with van der Waals surface area (Å²) in [7, 11) is 0. The average molecular weight is 270 g/mol. The third-order valence-electron chi connectivity index (χ3n) is 3.66. The lowest BCUT2D eigenvalue weighted by molar-refractivity contribution is -0.137. The summed E-state index contributed by atoms with van der Waals surface area (Å²) in [4.78, 5) is 16.4. The summed E-state index contributed by atoms with van der Waals surface area (Å²) in [5.41, 5.74) is 0. The first-order chi connectivity index (χ1) is 9.13. The molecule has 1 rings (SSSR count). The molecular weight excluding hydrogens is 240 g/mol. The van der Waals surface area contributed by atoms with Crippen LogP contribution in [0.2, 0.25) is 0 Å². The van der Waals surface area contributed by atoms with Crippen LogP contribution in [0.3, 0.4) is 0 Å². The highest BCUT2D eigenvalue weighted by atomic mass is 16.5. The minimum absolute atomic E-state index is 0.117. The standard InChI is InChI=1S/C15H30N2O2/c1-4-17(15(18)13-19-14(2)3)12-11-16-9-7-5-6-8-10-16/h14H,4-13H2,1-3H3. The molecule has 1 fully saturated rings. The van der Waals surface area contributed by atoms with Crippen molar-refractivity contribution in [2.75, 3.05) is 39.3 Å². The van der Waals surface area contributed by atoms with Crippen molar-refractivity contribution in [2.45, 2.75) is 52.6 Å². The molecule has 0 N–H and O–H groups in total. The van der Waals surface area contributed by atoms with Gasteiger partial charge in [-0.3, -0.25) is 4.79 Å². The molecule has 0 spiro atoms. The van der Waals surface area contributed by atoms with Gasteiger partial charge < -0.3 is 14.5 Å². The molecule has 1 amide bonds. The van der Waals surface area contributed by atoms with Crippen LogP contribution >= 0.6 is 0 Å². The highest BCUT2D eigenvalue weighted by molar-refractivity contribution is 5.77. The lowest BCUT2D eigenvalue weighted by Crippen LogP contribution is -2.40. The topological polar surface area (TPSA) is 32.8 Å². The van der Waals surface area contributed by atoms with E-state index < -0.39 is 0 Å². The van der Waals surface area contributed by atoms with Gasteiger partial charge in [0.05, 0.1) is 6.10 Å². The second-order valence-electron chi connectivity index (χ2n) is 5.59. The van der Waals surface area contributed by atoms with Crippen molar-refractivity contribution in [3.63, 3.8) is 0 Å². The third-order valence-corrected chi connectivity index (χ3v) is 3.66. The van der Waals surface area contributed by atoms with E-state index in [1.807, 2.05) is 25.7 Å². The second kappa shape index (κ2) is 9.32. The van der Waals surface area contributed by atoms with Crippen LogP contribution in [0.5, 0.6) is 0 Å². The van der Waals surface area contributed by atoms with Crippen LogP contribution in [-0.2, 0) is 9.53 Å². The molecule has 112 valence electrons. The molecule has 0 atom stereocenters. The number of likely N-dealkylation sites (tertiary alicyclic amines) is 1. The zero-order valence-corrected chi connectivity index (χ0v) is 12.9. The molecule has 19 heavy (non-hydrogen) atoms. The van der Waals surface area contributed by atoms with Gasteiger partial charge in [0.1, 0.15) is 6.61 Å². The molecule has 0 aliphatic carbocycles. The maximum Gasteiger partial charge on any atom is 0.248 e. The van der Waals surface area contributed by atoms with E-state index in [0.717, 1.165) is 19.6 Å². The molecule has 0 aromatic rings. The Hall–Kier alpha value is -0.610. The summed E-state index contributed by atoms with van der Waals surface area (Å²) in [6, 6.07) is 0. The van der Waals surface area contributed by atoms with E-state index >= 15 is 0 Å². The van der Waals surface area contributed by atoms with Crippen molar-refractivity contribution < 1.29 is 9.53 Å². The van der Waals surface area contributed by atoms with Gasteiger partial charge in [-0.15, -0.1) is 0 Å². The molecule has 0 aromatic heterocycles. The first-order valence-electron chi connectivity index (χ1n) is 7.75. The zero-order valence-electron chi connectivity index (χ0n) is 12.9. The lowest BCUT2D eigenvalue weighted by Gasteiger charge is -2.26. The predicted molar refractivity (Wildman–Crippen MR) is 78.3 cm³/mol. The van der Waals surface area contributed by atoms with E-state index in [9.17, 15) is 4.79 Å². The normalized spacial score (nSPS) is 17.5. The van der Waals surface area contributed by atoms with Crippen molar-refractivity contribution >= 4 is 5.91 Å². The fourth-order valence-corrected chi connectivity index (χ4v) is 2.41. The number of nitrogens with zero attached hydrogens (tertiary/aromatic N) is 2. The van der Waals surface area contributed by atoms with Gasteiger partial charge in [-0.1, -0.05) is 12.8 Å². The van der Waals surface area contributed by atoms with Crippen LogP contribution < -0.4 is 0 Å². The number of amides is 1. The van der Waals surface area contributed by atoms with Gasteiger partial charge in [-0.25, -0.2) is 0 Å². The number of hydrogen-bond donors (Lipinski definition) is 0. The molecule has 0 saturated carbocycles. The predicted octanol–water partition coefficient (Wildman–Crippen LogP) is 2.14. The Kier molecular flexibility index (Phi) is 8.07. The minimum atomic E-state index is 0.117. The van der Waals surface area contributed by atoms with E-state index in [-0.39, 0.29) is 18.6 Å². The first kappa shape index (κ1) is 16.4. The fourth-order valence-electron chi connectivity index (χ4n) is 2.41. The van der Waals surface area contributed by atoms with Gasteiger partial charge in [0.25, 0.3) is 0 Å². The number of rotatable bonds is 7. The van der Waals surface area contributed by atoms with E-state index in [1.54, 1.807) is 0 Å². The summed E-state index contributed by atoms with van der Waals surface area (Å²) in [6.45, 7) is 11.2. The average Bonchev–Trinajstić information content (AvgIpc) is 2.65. The van der Waals surface area contributed by atoms with Crippen molar-refractivity contribution in [1.82, 2.24) is 9.80 Å². The molecular formula is C15H30N2O2. The minimum Gasteiger partial charge on any atom is -0.369 e. The maximum atomic E-state index is 12.0. The summed E-state index contributed by atoms with van der Waals surface area (Å²) in [5, 5.41) is 0. The van der Waals surface area contributed by atoms with Crippen molar-refractivity contribution in [3.8, 4) is 0 Å². The molecule has 4 heteroatoms. The summed E-state index contributed by atoms with van der Waals surface area (Å²) < 4.78 is 5.39. The lowest BCUT2D eigenvalue weighted by atomic mass is 10.2. The van der Waals surface area contributed by atoms with E-state index in [0.29, 0.717) is 0 Å². The summed E-state index contributed by atoms with van der Waals surface area (Å²) in [6.07, 6.45) is 5.44. The van der Waals surface area contributed by atoms with Gasteiger partial charge >= 0.3 is 0 Å². The Morgan fingerprint density at radius 2 is 1.84 bits per heavy atom. The zero-order chi connectivity index (χ0) is 14.1. The van der Waals surface area contributed by atoms with Gasteiger partial charge in [-0.2, -0.15) is 0 Å². The highest BCUT2D eigenvalue weighted by Gasteiger charge is 2.15. The highest BCUT2D eigenvalue weighted by Crippen LogP contribution is 2.09. The van der Waals surface area contributed by atoms with E-state index in [2.05, 4.69) is 4.90 Å². The molecule has 1 aliphatic rings. The molecule has 1 aliphatic heterocycles. The molecule has 0 bridgehead atoms. The number of carbonyl (C=O) groups is 1. The summed E-state index contributed by atoms with van der Waals surface area (Å²) >= 11 is 0. The van der Waals surface area contributed by atoms with Gasteiger partial charge in [0.2, 0.25) is 5.91 Å². The Morgan fingerprint density at radius 3 is 2.37 bits per heavy atom. The molecule has 1 heterocycles. The van der Waals surface area contributed by atoms with Crippen LogP contribution in [0.4, 0.5) is 0 Å². The second-order valence-corrected chi connectivity index (χ2v) is 5.59. The SMILES string of the molecule is CCN(CCN1CCCCCC1)C(=O)COC(C)C. The van der Waals surface area contributed by atoms with Gasteiger partial charge in [-0.05, 0) is 46.7 Å². The fraction of sp³-hybridized carbons (Fsp3) is 0.933. The first-order valence-corrected chi connectivity index (χ1v) is 7.75. The summed E-state index contributed by atoms with van der Waals surface area (Å²) in [5.74, 6) is 0.117. The van der Waals surface area contributed by atoms with Gasteiger partial charge in [0, 0.05) is 19.6 Å². The van der Waals surface area contributed by atoms with Crippen molar-refractivity contribution in [3.05, 3.63) is 0 Å². The van der Waals surface area contributed by atoms with E-state index in [1.165, 1.54) is 38.8 Å². The number of carbonyl (C=O) groups excluding carboxylic acids is 1. The van der Waals surface area contributed by atoms with Crippen LogP contribution in [0.15, 0.2) is 0 Å².